The van der Waals surface area contributed by atoms with Crippen molar-refractivity contribution in [3.63, 3.8) is 0 Å². The molecule has 1 fully saturated rings. The van der Waals surface area contributed by atoms with Crippen LogP contribution in [-0.2, 0) is 4.79 Å². The molecule has 100 valence electrons. The molecule has 2 atom stereocenters. The Morgan fingerprint density at radius 3 is 2.18 bits per heavy atom. The van der Waals surface area contributed by atoms with Crippen molar-refractivity contribution in [2.24, 2.45) is 11.7 Å². The van der Waals surface area contributed by atoms with Crippen molar-refractivity contribution in [3.8, 4) is 0 Å². The van der Waals surface area contributed by atoms with E-state index >= 15 is 0 Å². The molecular weight excluding hydrogens is 214 g/mol. The Morgan fingerprint density at radius 2 is 1.76 bits per heavy atom. The molecule has 0 aromatic heterocycles. The van der Waals surface area contributed by atoms with Gasteiger partial charge in [-0.15, -0.1) is 0 Å². The first-order valence-corrected chi connectivity index (χ1v) is 6.86. The summed E-state index contributed by atoms with van der Waals surface area (Å²) in [4.78, 5) is 16.6. The molecule has 4 heteroatoms. The van der Waals surface area contributed by atoms with Gasteiger partial charge in [0, 0.05) is 38.8 Å². The maximum atomic E-state index is 12.1. The largest absolute Gasteiger partial charge is 0.340 e. The summed E-state index contributed by atoms with van der Waals surface area (Å²) in [5.41, 5.74) is 5.63. The summed E-state index contributed by atoms with van der Waals surface area (Å²) in [6.07, 6.45) is 2.02. The average molecular weight is 241 g/mol. The fraction of sp³-hybridized carbons (Fsp3) is 0.923. The van der Waals surface area contributed by atoms with Gasteiger partial charge in [0.2, 0.25) is 5.91 Å². The Hall–Kier alpha value is -0.610. The second kappa shape index (κ2) is 6.97. The summed E-state index contributed by atoms with van der Waals surface area (Å²) in [5.74, 6) is 0.268. The van der Waals surface area contributed by atoms with E-state index in [1.165, 1.54) is 6.42 Å². The number of carbonyl (C=O) groups is 1. The molecule has 1 heterocycles. The van der Waals surface area contributed by atoms with Gasteiger partial charge in [-0.2, -0.15) is 0 Å². The van der Waals surface area contributed by atoms with Gasteiger partial charge in [-0.3, -0.25) is 9.69 Å². The zero-order chi connectivity index (χ0) is 12.8. The van der Waals surface area contributed by atoms with Crippen molar-refractivity contribution >= 4 is 5.91 Å². The zero-order valence-electron chi connectivity index (χ0n) is 11.5. The molecule has 4 nitrogen and oxygen atoms in total. The van der Waals surface area contributed by atoms with Crippen LogP contribution in [0.25, 0.3) is 0 Å². The van der Waals surface area contributed by atoms with Gasteiger partial charge < -0.3 is 10.6 Å². The van der Waals surface area contributed by atoms with Crippen molar-refractivity contribution in [2.45, 2.75) is 39.7 Å². The summed E-state index contributed by atoms with van der Waals surface area (Å²) < 4.78 is 0. The summed E-state index contributed by atoms with van der Waals surface area (Å²) in [6, 6.07) is 0.628. The van der Waals surface area contributed by atoms with Gasteiger partial charge >= 0.3 is 0 Å². The smallest absolute Gasteiger partial charge is 0.227 e. The Balaban J connectivity index is 2.43. The predicted molar refractivity (Wildman–Crippen MR) is 70.7 cm³/mol. The minimum Gasteiger partial charge on any atom is -0.340 e. The maximum absolute atomic E-state index is 12.1. The van der Waals surface area contributed by atoms with Gasteiger partial charge in [-0.05, 0) is 19.8 Å². The van der Waals surface area contributed by atoms with Gasteiger partial charge in [-0.1, -0.05) is 13.8 Å². The number of hydrogen-bond donors (Lipinski definition) is 1. The second-order valence-electron chi connectivity index (χ2n) is 4.96. The fourth-order valence-electron chi connectivity index (χ4n) is 2.34. The van der Waals surface area contributed by atoms with E-state index in [0.29, 0.717) is 12.6 Å². The lowest BCUT2D eigenvalue weighted by atomic mass is 10.0. The van der Waals surface area contributed by atoms with E-state index in [-0.39, 0.29) is 11.8 Å². The van der Waals surface area contributed by atoms with Gasteiger partial charge in [0.25, 0.3) is 0 Å². The summed E-state index contributed by atoms with van der Waals surface area (Å²) in [6.45, 7) is 10.7. The monoisotopic (exact) mass is 241 g/mol. The minimum absolute atomic E-state index is 0.0187. The molecule has 0 radical (unpaired) electrons. The highest BCUT2D eigenvalue weighted by Gasteiger charge is 2.26. The van der Waals surface area contributed by atoms with Crippen LogP contribution >= 0.6 is 0 Å². The third-order valence-corrected chi connectivity index (χ3v) is 3.97. The molecule has 0 aliphatic carbocycles. The number of hydrogen-bond acceptors (Lipinski definition) is 3. The molecule has 0 bridgehead atoms. The highest BCUT2D eigenvalue weighted by molar-refractivity contribution is 5.79. The normalized spacial score (nSPS) is 21.3. The van der Waals surface area contributed by atoms with Crippen LogP contribution in [0.15, 0.2) is 0 Å². The van der Waals surface area contributed by atoms with E-state index in [1.807, 2.05) is 11.8 Å². The van der Waals surface area contributed by atoms with Crippen LogP contribution in [0.2, 0.25) is 0 Å². The van der Waals surface area contributed by atoms with Crippen molar-refractivity contribution in [1.29, 1.82) is 0 Å². The Kier molecular flexibility index (Phi) is 5.92. The summed E-state index contributed by atoms with van der Waals surface area (Å²) in [5, 5.41) is 0. The maximum Gasteiger partial charge on any atom is 0.227 e. The zero-order valence-corrected chi connectivity index (χ0v) is 11.5. The van der Waals surface area contributed by atoms with Crippen molar-refractivity contribution < 1.29 is 4.79 Å². The summed E-state index contributed by atoms with van der Waals surface area (Å²) in [7, 11) is 0. The van der Waals surface area contributed by atoms with E-state index in [0.717, 1.165) is 32.6 Å². The number of nitrogens with zero attached hydrogens (tertiary/aromatic N) is 2. The number of rotatable bonds is 5. The molecular formula is C13H27N3O. The predicted octanol–water partition coefficient (Wildman–Crippen LogP) is 0.914. The molecule has 1 rings (SSSR count). The van der Waals surface area contributed by atoms with Crippen LogP contribution in [0.5, 0.6) is 0 Å². The van der Waals surface area contributed by atoms with Gasteiger partial charge in [0.05, 0.1) is 5.92 Å². The number of carbonyl (C=O) groups excluding carboxylic acids is 1. The molecule has 1 aliphatic rings. The van der Waals surface area contributed by atoms with E-state index < -0.39 is 0 Å². The first-order valence-electron chi connectivity index (χ1n) is 6.86. The van der Waals surface area contributed by atoms with E-state index in [4.69, 9.17) is 5.73 Å². The fourth-order valence-corrected chi connectivity index (χ4v) is 2.34. The Labute approximate surface area is 105 Å². The van der Waals surface area contributed by atoms with Crippen molar-refractivity contribution in [1.82, 2.24) is 9.80 Å². The van der Waals surface area contributed by atoms with Crippen LogP contribution in [0.4, 0.5) is 0 Å². The summed E-state index contributed by atoms with van der Waals surface area (Å²) >= 11 is 0. The molecule has 17 heavy (non-hydrogen) atoms. The number of nitrogens with two attached hydrogens (primary N) is 1. The lowest BCUT2D eigenvalue weighted by molar-refractivity contribution is -0.137. The van der Waals surface area contributed by atoms with Crippen molar-refractivity contribution in [2.75, 3.05) is 32.7 Å². The molecule has 0 spiro atoms. The lowest BCUT2D eigenvalue weighted by Gasteiger charge is -2.38. The van der Waals surface area contributed by atoms with Gasteiger partial charge in [0.1, 0.15) is 0 Å². The van der Waals surface area contributed by atoms with Crippen molar-refractivity contribution in [3.05, 3.63) is 0 Å². The standard InChI is InChI=1S/C13H27N3O/c1-4-11(3)15-6-8-16(9-7-15)13(17)12(5-2)10-14/h11-12H,4-10,14H2,1-3H3. The van der Waals surface area contributed by atoms with E-state index in [9.17, 15) is 4.79 Å². The van der Waals surface area contributed by atoms with Crippen LogP contribution < -0.4 is 5.73 Å². The molecule has 1 aliphatic heterocycles. The van der Waals surface area contributed by atoms with Crippen LogP contribution in [0, 0.1) is 5.92 Å². The topological polar surface area (TPSA) is 49.6 Å². The lowest BCUT2D eigenvalue weighted by Crippen LogP contribution is -2.53. The van der Waals surface area contributed by atoms with E-state index in [1.54, 1.807) is 0 Å². The van der Waals surface area contributed by atoms with Crippen LogP contribution in [0.3, 0.4) is 0 Å². The average Bonchev–Trinajstić information content (AvgIpc) is 2.39. The molecule has 0 aromatic carbocycles. The Bertz CT molecular complexity index is 233. The third-order valence-electron chi connectivity index (χ3n) is 3.97. The molecule has 0 aromatic rings. The molecule has 0 saturated carbocycles. The minimum atomic E-state index is 0.0187. The van der Waals surface area contributed by atoms with E-state index in [2.05, 4.69) is 18.7 Å². The quantitative estimate of drug-likeness (QED) is 0.778. The first-order chi connectivity index (χ1) is 8.13. The van der Waals surface area contributed by atoms with Crippen LogP contribution in [-0.4, -0.2) is 54.5 Å². The van der Waals surface area contributed by atoms with Gasteiger partial charge in [-0.25, -0.2) is 0 Å². The highest BCUT2D eigenvalue weighted by atomic mass is 16.2. The second-order valence-corrected chi connectivity index (χ2v) is 4.96. The first kappa shape index (κ1) is 14.5. The third kappa shape index (κ3) is 3.68. The molecule has 1 saturated heterocycles. The molecule has 1 amide bonds. The number of piperazine rings is 1. The van der Waals surface area contributed by atoms with Crippen LogP contribution in [0.1, 0.15) is 33.6 Å². The molecule has 2 N–H and O–H groups in total. The Morgan fingerprint density at radius 1 is 1.18 bits per heavy atom. The number of amides is 1. The SMILES string of the molecule is CCC(CN)C(=O)N1CCN(C(C)CC)CC1. The molecule has 2 unspecified atom stereocenters. The highest BCUT2D eigenvalue weighted by Crippen LogP contribution is 2.12. The van der Waals surface area contributed by atoms with Gasteiger partial charge in [0.15, 0.2) is 0 Å².